The van der Waals surface area contributed by atoms with Crippen molar-refractivity contribution in [2.24, 2.45) is 0 Å². The molecule has 30 heavy (non-hydrogen) atoms. The number of allylic oxidation sites excluding steroid dienone is 1. The third-order valence-electron chi connectivity index (χ3n) is 5.32. The van der Waals surface area contributed by atoms with Crippen LogP contribution in [0.4, 0.5) is 5.82 Å². The van der Waals surface area contributed by atoms with E-state index in [9.17, 15) is 0 Å². The Kier molecular flexibility index (Phi) is 6.35. The number of aromatic amines is 1. The summed E-state index contributed by atoms with van der Waals surface area (Å²) >= 11 is 6.10. The highest BCUT2D eigenvalue weighted by Gasteiger charge is 2.21. The number of H-pyrrole nitrogens is 1. The highest BCUT2D eigenvalue weighted by Crippen LogP contribution is 2.15. The normalized spacial score (nSPS) is 16.4. The van der Waals surface area contributed by atoms with Gasteiger partial charge in [0.05, 0.1) is 11.0 Å². The van der Waals surface area contributed by atoms with Crippen molar-refractivity contribution in [3.63, 3.8) is 0 Å². The SMILES string of the molecule is C=C/C=c1/c(N2CCN(Cc3ccn[nH]3)CC2)nn(-c2ccc(Cl)cc2)/c1=C/CC. The molecule has 1 fully saturated rings. The van der Waals surface area contributed by atoms with E-state index in [0.717, 1.165) is 71.9 Å². The van der Waals surface area contributed by atoms with Gasteiger partial charge in [-0.2, -0.15) is 5.10 Å². The Bertz CT molecular complexity index is 1090. The number of rotatable bonds is 6. The fourth-order valence-corrected chi connectivity index (χ4v) is 3.97. The summed E-state index contributed by atoms with van der Waals surface area (Å²) in [6, 6.07) is 9.85. The van der Waals surface area contributed by atoms with E-state index in [0.29, 0.717) is 0 Å². The maximum absolute atomic E-state index is 6.10. The van der Waals surface area contributed by atoms with Crippen molar-refractivity contribution >= 4 is 29.6 Å². The number of anilines is 1. The van der Waals surface area contributed by atoms with Gasteiger partial charge in [0.1, 0.15) is 0 Å². The van der Waals surface area contributed by atoms with E-state index in [1.807, 2.05) is 41.1 Å². The minimum atomic E-state index is 0.721. The van der Waals surface area contributed by atoms with Gasteiger partial charge >= 0.3 is 0 Å². The summed E-state index contributed by atoms with van der Waals surface area (Å²) in [5, 5.41) is 15.0. The van der Waals surface area contributed by atoms with Crippen LogP contribution in [0.1, 0.15) is 19.0 Å². The average molecular weight is 423 g/mol. The molecule has 4 rings (SSSR count). The van der Waals surface area contributed by atoms with Crippen LogP contribution in [0, 0.1) is 0 Å². The van der Waals surface area contributed by atoms with Crippen LogP contribution in [0.15, 0.2) is 49.2 Å². The van der Waals surface area contributed by atoms with Gasteiger partial charge in [0, 0.05) is 54.9 Å². The second kappa shape index (κ2) is 9.32. The Labute approximate surface area is 181 Å². The summed E-state index contributed by atoms with van der Waals surface area (Å²) < 4.78 is 2.02. The van der Waals surface area contributed by atoms with Crippen LogP contribution in [0.25, 0.3) is 17.8 Å². The molecule has 0 spiro atoms. The Hall–Kier alpha value is -2.83. The molecule has 1 aromatic carbocycles. The first-order chi connectivity index (χ1) is 14.7. The van der Waals surface area contributed by atoms with Crippen molar-refractivity contribution in [1.82, 2.24) is 24.9 Å². The predicted octanol–water partition coefficient (Wildman–Crippen LogP) is 2.73. The molecule has 0 saturated carbocycles. The number of benzene rings is 1. The Balaban J connectivity index is 1.65. The van der Waals surface area contributed by atoms with E-state index in [1.165, 1.54) is 0 Å². The molecule has 156 valence electrons. The monoisotopic (exact) mass is 422 g/mol. The molecule has 0 atom stereocenters. The number of hydrogen-bond donors (Lipinski definition) is 1. The van der Waals surface area contributed by atoms with Crippen molar-refractivity contribution in [3.05, 3.63) is 70.5 Å². The van der Waals surface area contributed by atoms with E-state index in [-0.39, 0.29) is 0 Å². The molecule has 0 radical (unpaired) electrons. The molecule has 7 heteroatoms. The van der Waals surface area contributed by atoms with Crippen molar-refractivity contribution in [3.8, 4) is 5.69 Å². The smallest absolute Gasteiger partial charge is 0.159 e. The number of nitrogens with zero attached hydrogens (tertiary/aromatic N) is 5. The van der Waals surface area contributed by atoms with Gasteiger partial charge in [-0.05, 0) is 42.8 Å². The van der Waals surface area contributed by atoms with Gasteiger partial charge in [0.25, 0.3) is 0 Å². The average Bonchev–Trinajstić information content (AvgIpc) is 3.39. The topological polar surface area (TPSA) is 53.0 Å². The van der Waals surface area contributed by atoms with Gasteiger partial charge in [-0.25, -0.2) is 4.68 Å². The lowest BCUT2D eigenvalue weighted by atomic mass is 10.2. The van der Waals surface area contributed by atoms with Crippen LogP contribution in [-0.2, 0) is 6.54 Å². The van der Waals surface area contributed by atoms with Crippen molar-refractivity contribution in [1.29, 1.82) is 0 Å². The van der Waals surface area contributed by atoms with E-state index >= 15 is 0 Å². The maximum Gasteiger partial charge on any atom is 0.159 e. The Morgan fingerprint density at radius 1 is 1.13 bits per heavy atom. The molecular formula is C23H27ClN6. The lowest BCUT2D eigenvalue weighted by molar-refractivity contribution is 0.246. The second-order valence-electron chi connectivity index (χ2n) is 7.37. The van der Waals surface area contributed by atoms with Crippen LogP contribution in [0.3, 0.4) is 0 Å². The quantitative estimate of drug-likeness (QED) is 0.663. The molecule has 0 amide bonds. The summed E-state index contributed by atoms with van der Waals surface area (Å²) in [7, 11) is 0. The van der Waals surface area contributed by atoms with Gasteiger partial charge in [-0.1, -0.05) is 37.3 Å². The fraction of sp³-hybridized carbons (Fsp3) is 0.304. The molecule has 3 aromatic rings. The van der Waals surface area contributed by atoms with Gasteiger partial charge in [-0.3, -0.25) is 10.00 Å². The third kappa shape index (κ3) is 4.35. The summed E-state index contributed by atoms with van der Waals surface area (Å²) in [6.45, 7) is 10.8. The highest BCUT2D eigenvalue weighted by atomic mass is 35.5. The number of aromatic nitrogens is 4. The van der Waals surface area contributed by atoms with Gasteiger partial charge in [0.2, 0.25) is 0 Å². The molecule has 1 N–H and O–H groups in total. The molecule has 1 aliphatic rings. The largest absolute Gasteiger partial charge is 0.352 e. The van der Waals surface area contributed by atoms with Crippen molar-refractivity contribution in [2.75, 3.05) is 31.1 Å². The Morgan fingerprint density at radius 2 is 1.90 bits per heavy atom. The van der Waals surface area contributed by atoms with Gasteiger partial charge in [0.15, 0.2) is 5.82 Å². The molecule has 0 bridgehead atoms. The Morgan fingerprint density at radius 3 is 2.53 bits per heavy atom. The molecule has 3 heterocycles. The minimum absolute atomic E-state index is 0.721. The summed E-state index contributed by atoms with van der Waals surface area (Å²) in [4.78, 5) is 4.81. The van der Waals surface area contributed by atoms with E-state index in [2.05, 4.69) is 45.7 Å². The van der Waals surface area contributed by atoms with E-state index < -0.39 is 0 Å². The zero-order valence-corrected chi connectivity index (χ0v) is 18.0. The summed E-state index contributed by atoms with van der Waals surface area (Å²) in [5.74, 6) is 1.01. The molecule has 1 saturated heterocycles. The highest BCUT2D eigenvalue weighted by molar-refractivity contribution is 6.30. The zero-order valence-electron chi connectivity index (χ0n) is 17.3. The van der Waals surface area contributed by atoms with Crippen molar-refractivity contribution < 1.29 is 0 Å². The molecule has 1 aliphatic heterocycles. The van der Waals surface area contributed by atoms with Gasteiger partial charge in [-0.15, -0.1) is 5.10 Å². The second-order valence-corrected chi connectivity index (χ2v) is 7.81. The first-order valence-corrected chi connectivity index (χ1v) is 10.7. The number of nitrogens with one attached hydrogen (secondary N) is 1. The van der Waals surface area contributed by atoms with Crippen LogP contribution in [-0.4, -0.2) is 51.1 Å². The maximum atomic E-state index is 6.10. The first-order valence-electron chi connectivity index (χ1n) is 10.3. The molecule has 6 nitrogen and oxygen atoms in total. The predicted molar refractivity (Wildman–Crippen MR) is 123 cm³/mol. The lowest BCUT2D eigenvalue weighted by Gasteiger charge is -2.34. The standard InChI is InChI=1S/C23H27ClN6/c1-3-5-21-22(6-4-2)30(20-9-7-18(24)8-10-20)27-23(21)29-15-13-28(14-16-29)17-19-11-12-25-26-19/h3,5-12H,1,4,13-17H2,2H3,(H,25,26)/b21-5+,22-6+. The summed E-state index contributed by atoms with van der Waals surface area (Å²) in [5.41, 5.74) is 2.15. The van der Waals surface area contributed by atoms with Crippen LogP contribution in [0.2, 0.25) is 5.02 Å². The molecule has 0 unspecified atom stereocenters. The summed E-state index contributed by atoms with van der Waals surface area (Å²) in [6.07, 6.45) is 8.85. The van der Waals surface area contributed by atoms with Gasteiger partial charge < -0.3 is 4.90 Å². The molecule has 2 aromatic heterocycles. The molecular weight excluding hydrogens is 396 g/mol. The first kappa shape index (κ1) is 20.4. The number of hydrogen-bond acceptors (Lipinski definition) is 4. The number of halogens is 1. The van der Waals surface area contributed by atoms with E-state index in [1.54, 1.807) is 6.20 Å². The van der Waals surface area contributed by atoms with Crippen molar-refractivity contribution in [2.45, 2.75) is 19.9 Å². The lowest BCUT2D eigenvalue weighted by Crippen LogP contribution is -2.47. The van der Waals surface area contributed by atoms with Crippen LogP contribution >= 0.6 is 11.6 Å². The van der Waals surface area contributed by atoms with Crippen LogP contribution in [0.5, 0.6) is 0 Å². The fourth-order valence-electron chi connectivity index (χ4n) is 3.84. The minimum Gasteiger partial charge on any atom is -0.352 e. The number of piperazine rings is 1. The van der Waals surface area contributed by atoms with Crippen LogP contribution < -0.4 is 15.5 Å². The zero-order chi connectivity index (χ0) is 20.9. The molecule has 0 aliphatic carbocycles. The third-order valence-corrected chi connectivity index (χ3v) is 5.57. The van der Waals surface area contributed by atoms with E-state index in [4.69, 9.17) is 16.7 Å².